The molecule has 1 saturated heterocycles. The van der Waals surface area contributed by atoms with Crippen molar-refractivity contribution in [2.24, 2.45) is 0 Å². The molecule has 4 rings (SSSR count). The average molecular weight is 409 g/mol. The molecular formula is C21H23N5O4. The van der Waals surface area contributed by atoms with Crippen LogP contribution in [-0.2, 0) is 0 Å². The number of nitrogens with two attached hydrogens (primary N) is 1. The van der Waals surface area contributed by atoms with Crippen LogP contribution >= 0.6 is 0 Å². The normalized spacial score (nSPS) is 12.5. The molecule has 1 aromatic carbocycles. The Balaban J connectivity index is 0.000000269. The molecule has 1 aliphatic rings. The lowest BCUT2D eigenvalue weighted by Gasteiger charge is -2.07. The van der Waals surface area contributed by atoms with Gasteiger partial charge < -0.3 is 30.2 Å². The van der Waals surface area contributed by atoms with Gasteiger partial charge in [-0.3, -0.25) is 0 Å². The number of hydrogen-bond donors (Lipinski definition) is 3. The van der Waals surface area contributed by atoms with Crippen molar-refractivity contribution in [3.05, 3.63) is 41.9 Å². The van der Waals surface area contributed by atoms with Crippen LogP contribution < -0.4 is 15.2 Å². The van der Waals surface area contributed by atoms with E-state index >= 15 is 0 Å². The Labute approximate surface area is 173 Å². The molecule has 9 heteroatoms. The summed E-state index contributed by atoms with van der Waals surface area (Å²) in [7, 11) is 3.20. The number of fused-ring (bicyclic) bond motifs is 1. The standard InChI is InChI=1S/C16H14N4O2.C5H9NO2/c1-21-12-5-10(6-13(7-12)22-2)3-4-11-8-18-16-14(11)15(17)19-9-20-16;7-5(8)6-3-1-2-4-6/h5-9H,1-2H3,(H3,17,18,19,20);1-4H2,(H,7,8). The summed E-state index contributed by atoms with van der Waals surface area (Å²) in [5, 5.41) is 9.07. The van der Waals surface area contributed by atoms with E-state index in [0.717, 1.165) is 42.4 Å². The van der Waals surface area contributed by atoms with Crippen LogP contribution in [0.25, 0.3) is 11.0 Å². The molecule has 2 aromatic heterocycles. The van der Waals surface area contributed by atoms with Gasteiger partial charge in [0.1, 0.15) is 29.3 Å². The summed E-state index contributed by atoms with van der Waals surface area (Å²) in [4.78, 5) is 22.7. The number of ether oxygens (including phenoxy) is 2. The molecule has 0 atom stereocenters. The van der Waals surface area contributed by atoms with E-state index in [-0.39, 0.29) is 0 Å². The van der Waals surface area contributed by atoms with Gasteiger partial charge in [0.25, 0.3) is 0 Å². The van der Waals surface area contributed by atoms with Gasteiger partial charge in [-0.1, -0.05) is 11.8 Å². The first-order valence-electron chi connectivity index (χ1n) is 9.32. The summed E-state index contributed by atoms with van der Waals surface area (Å²) in [6.45, 7) is 1.46. The van der Waals surface area contributed by atoms with Crippen molar-refractivity contribution in [3.63, 3.8) is 0 Å². The van der Waals surface area contributed by atoms with Crippen LogP contribution in [0.1, 0.15) is 24.0 Å². The van der Waals surface area contributed by atoms with Gasteiger partial charge in [-0.05, 0) is 25.0 Å². The molecule has 30 heavy (non-hydrogen) atoms. The van der Waals surface area contributed by atoms with E-state index in [9.17, 15) is 4.79 Å². The van der Waals surface area contributed by atoms with Crippen molar-refractivity contribution in [1.29, 1.82) is 0 Å². The van der Waals surface area contributed by atoms with E-state index in [1.165, 1.54) is 11.2 Å². The molecular weight excluding hydrogens is 386 g/mol. The fourth-order valence-corrected chi connectivity index (χ4v) is 3.01. The number of amides is 1. The van der Waals surface area contributed by atoms with Gasteiger partial charge in [0.2, 0.25) is 0 Å². The van der Waals surface area contributed by atoms with Gasteiger partial charge in [-0.25, -0.2) is 14.8 Å². The molecule has 156 valence electrons. The molecule has 3 heterocycles. The SMILES string of the molecule is COc1cc(C#Cc2c[nH]c3ncnc(N)c23)cc(OC)c1.O=C(O)N1CCCC1. The van der Waals surface area contributed by atoms with Gasteiger partial charge >= 0.3 is 6.09 Å². The number of carboxylic acid groups (broad SMARTS) is 1. The zero-order chi connectivity index (χ0) is 21.5. The van der Waals surface area contributed by atoms with E-state index in [1.54, 1.807) is 26.5 Å². The summed E-state index contributed by atoms with van der Waals surface area (Å²) in [6, 6.07) is 5.47. The first-order chi connectivity index (χ1) is 14.5. The summed E-state index contributed by atoms with van der Waals surface area (Å²) in [5.41, 5.74) is 8.07. The zero-order valence-electron chi connectivity index (χ0n) is 16.8. The largest absolute Gasteiger partial charge is 0.497 e. The summed E-state index contributed by atoms with van der Waals surface area (Å²) < 4.78 is 10.5. The molecule has 1 aliphatic heterocycles. The number of nitrogen functional groups attached to an aromatic ring is 1. The Bertz CT molecular complexity index is 1070. The number of anilines is 1. The molecule has 0 radical (unpaired) electrons. The highest BCUT2D eigenvalue weighted by Gasteiger charge is 2.15. The smallest absolute Gasteiger partial charge is 0.407 e. The van der Waals surface area contributed by atoms with E-state index < -0.39 is 6.09 Å². The number of rotatable bonds is 2. The van der Waals surface area contributed by atoms with Crippen LogP contribution in [0.4, 0.5) is 10.6 Å². The zero-order valence-corrected chi connectivity index (χ0v) is 16.8. The number of carbonyl (C=O) groups is 1. The van der Waals surface area contributed by atoms with Crippen molar-refractivity contribution < 1.29 is 19.4 Å². The Kier molecular flexibility index (Phi) is 6.60. The van der Waals surface area contributed by atoms with Crippen LogP contribution in [0.15, 0.2) is 30.7 Å². The van der Waals surface area contributed by atoms with E-state index in [1.807, 2.05) is 12.1 Å². The van der Waals surface area contributed by atoms with Gasteiger partial charge in [0, 0.05) is 30.9 Å². The lowest BCUT2D eigenvalue weighted by Crippen LogP contribution is -2.25. The third-order valence-corrected chi connectivity index (χ3v) is 4.57. The van der Waals surface area contributed by atoms with Gasteiger partial charge in [0.05, 0.1) is 25.2 Å². The first kappa shape index (κ1) is 20.8. The second-order valence-electron chi connectivity index (χ2n) is 6.51. The fraction of sp³-hybridized carbons (Fsp3) is 0.286. The third-order valence-electron chi connectivity index (χ3n) is 4.57. The number of H-pyrrole nitrogens is 1. The molecule has 0 saturated carbocycles. The van der Waals surface area contributed by atoms with Gasteiger partial charge in [-0.2, -0.15) is 0 Å². The number of hydrogen-bond acceptors (Lipinski definition) is 6. The maximum absolute atomic E-state index is 10.1. The molecule has 3 aromatic rings. The lowest BCUT2D eigenvalue weighted by atomic mass is 10.1. The maximum Gasteiger partial charge on any atom is 0.407 e. The highest BCUT2D eigenvalue weighted by Crippen LogP contribution is 2.23. The van der Waals surface area contributed by atoms with Crippen molar-refractivity contribution in [2.45, 2.75) is 12.8 Å². The van der Waals surface area contributed by atoms with E-state index in [0.29, 0.717) is 23.0 Å². The maximum atomic E-state index is 10.1. The molecule has 4 N–H and O–H groups in total. The highest BCUT2D eigenvalue weighted by atomic mass is 16.5. The lowest BCUT2D eigenvalue weighted by molar-refractivity contribution is 0.156. The quantitative estimate of drug-likeness (QED) is 0.555. The van der Waals surface area contributed by atoms with Crippen molar-refractivity contribution >= 4 is 22.9 Å². The summed E-state index contributed by atoms with van der Waals surface area (Å²) in [5.74, 6) is 7.92. The molecule has 0 unspecified atom stereocenters. The molecule has 9 nitrogen and oxygen atoms in total. The number of aromatic nitrogens is 3. The Morgan fingerprint density at radius 3 is 2.37 bits per heavy atom. The topological polar surface area (TPSA) is 127 Å². The summed E-state index contributed by atoms with van der Waals surface area (Å²) in [6.07, 6.45) is 4.47. The van der Waals surface area contributed by atoms with E-state index in [2.05, 4.69) is 26.8 Å². The predicted molar refractivity (Wildman–Crippen MR) is 113 cm³/mol. The second-order valence-corrected chi connectivity index (χ2v) is 6.51. The minimum absolute atomic E-state index is 0.402. The Morgan fingerprint density at radius 2 is 1.80 bits per heavy atom. The van der Waals surface area contributed by atoms with Crippen LogP contribution in [0.3, 0.4) is 0 Å². The van der Waals surface area contributed by atoms with Crippen LogP contribution in [-0.4, -0.2) is 58.4 Å². The first-order valence-corrected chi connectivity index (χ1v) is 9.32. The number of nitrogens with one attached hydrogen (secondary N) is 1. The van der Waals surface area contributed by atoms with Crippen LogP contribution in [0.5, 0.6) is 11.5 Å². The Hall–Kier alpha value is -3.93. The molecule has 0 aliphatic carbocycles. The average Bonchev–Trinajstić information content (AvgIpc) is 3.43. The number of aromatic amines is 1. The second kappa shape index (κ2) is 9.52. The van der Waals surface area contributed by atoms with Crippen molar-refractivity contribution in [3.8, 4) is 23.3 Å². The van der Waals surface area contributed by atoms with Crippen LogP contribution in [0.2, 0.25) is 0 Å². The van der Waals surface area contributed by atoms with Crippen molar-refractivity contribution in [1.82, 2.24) is 19.9 Å². The number of methoxy groups -OCH3 is 2. The Morgan fingerprint density at radius 1 is 1.13 bits per heavy atom. The summed E-state index contributed by atoms with van der Waals surface area (Å²) >= 11 is 0. The predicted octanol–water partition coefficient (Wildman–Crippen LogP) is 2.72. The van der Waals surface area contributed by atoms with Crippen LogP contribution in [0, 0.1) is 11.8 Å². The number of likely N-dealkylation sites (tertiary alicyclic amines) is 1. The van der Waals surface area contributed by atoms with E-state index in [4.69, 9.17) is 20.3 Å². The van der Waals surface area contributed by atoms with Crippen molar-refractivity contribution in [2.75, 3.05) is 33.0 Å². The molecule has 1 fully saturated rings. The molecule has 1 amide bonds. The highest BCUT2D eigenvalue weighted by molar-refractivity contribution is 5.91. The van der Waals surface area contributed by atoms with Gasteiger partial charge in [-0.15, -0.1) is 0 Å². The molecule has 0 bridgehead atoms. The number of benzene rings is 1. The molecule has 0 spiro atoms. The monoisotopic (exact) mass is 409 g/mol. The van der Waals surface area contributed by atoms with Gasteiger partial charge in [0.15, 0.2) is 0 Å². The third kappa shape index (κ3) is 4.91. The minimum Gasteiger partial charge on any atom is -0.497 e. The number of nitrogens with zero attached hydrogens (tertiary/aromatic N) is 3. The fourth-order valence-electron chi connectivity index (χ4n) is 3.01. The minimum atomic E-state index is -0.775.